The molecule has 2 rings (SSSR count). The average Bonchev–Trinajstić information content (AvgIpc) is 2.39. The lowest BCUT2D eigenvalue weighted by molar-refractivity contribution is 0.0691. The summed E-state index contributed by atoms with van der Waals surface area (Å²) in [5.41, 5.74) is -0.258. The first kappa shape index (κ1) is 13.8. The summed E-state index contributed by atoms with van der Waals surface area (Å²) in [5.74, 6) is -1.29. The summed E-state index contributed by atoms with van der Waals surface area (Å²) >= 11 is 3.07. The Hall–Kier alpha value is -1.66. The molecule has 0 unspecified atom stereocenters. The van der Waals surface area contributed by atoms with Crippen molar-refractivity contribution >= 4 is 31.7 Å². The number of benzene rings is 2. The van der Waals surface area contributed by atoms with Gasteiger partial charge in [0.1, 0.15) is 0 Å². The van der Waals surface area contributed by atoms with Crippen LogP contribution >= 0.6 is 15.9 Å². The fourth-order valence-corrected chi connectivity index (χ4v) is 3.82. The van der Waals surface area contributed by atoms with Crippen LogP contribution in [0.5, 0.6) is 0 Å². The minimum Gasteiger partial charge on any atom is -0.478 e. The van der Waals surface area contributed by atoms with Crippen molar-refractivity contribution in [3.63, 3.8) is 0 Å². The van der Waals surface area contributed by atoms with Gasteiger partial charge in [-0.1, -0.05) is 24.3 Å². The monoisotopic (exact) mass is 340 g/mol. The van der Waals surface area contributed by atoms with Gasteiger partial charge in [0.25, 0.3) is 0 Å². The number of carboxylic acid groups (broad SMARTS) is 1. The molecule has 98 valence electrons. The van der Waals surface area contributed by atoms with Crippen LogP contribution in [0.15, 0.2) is 62.8 Å². The molecule has 0 atom stereocenters. The fourth-order valence-electron chi connectivity index (χ4n) is 1.66. The van der Waals surface area contributed by atoms with Crippen LogP contribution in [0.2, 0.25) is 0 Å². The van der Waals surface area contributed by atoms with Crippen LogP contribution in [-0.4, -0.2) is 19.5 Å². The maximum atomic E-state index is 12.4. The van der Waals surface area contributed by atoms with E-state index >= 15 is 0 Å². The maximum absolute atomic E-state index is 12.4. The van der Waals surface area contributed by atoms with Crippen molar-refractivity contribution in [3.8, 4) is 0 Å². The molecule has 0 radical (unpaired) electrons. The third-order valence-corrected chi connectivity index (χ3v) is 5.01. The number of halogens is 1. The highest BCUT2D eigenvalue weighted by molar-refractivity contribution is 9.10. The van der Waals surface area contributed by atoms with E-state index < -0.39 is 15.8 Å². The Kier molecular flexibility index (Phi) is 3.73. The highest BCUT2D eigenvalue weighted by atomic mass is 79.9. The Labute approximate surface area is 118 Å². The first-order valence-electron chi connectivity index (χ1n) is 5.26. The van der Waals surface area contributed by atoms with Crippen LogP contribution in [0.3, 0.4) is 0 Å². The molecular formula is C13H9BrO4S. The molecule has 0 fully saturated rings. The summed E-state index contributed by atoms with van der Waals surface area (Å²) in [6.45, 7) is 0. The van der Waals surface area contributed by atoms with Gasteiger partial charge in [-0.05, 0) is 40.2 Å². The second-order valence-electron chi connectivity index (χ2n) is 3.73. The van der Waals surface area contributed by atoms with E-state index in [1.165, 1.54) is 30.3 Å². The molecule has 0 aliphatic rings. The summed E-state index contributed by atoms with van der Waals surface area (Å²) in [7, 11) is -3.85. The number of sulfone groups is 1. The SMILES string of the molecule is O=C(O)c1c(Br)cccc1S(=O)(=O)c1ccccc1. The molecule has 0 heterocycles. The molecule has 2 aromatic carbocycles. The molecule has 0 spiro atoms. The highest BCUT2D eigenvalue weighted by Crippen LogP contribution is 2.28. The second kappa shape index (κ2) is 5.14. The summed E-state index contributed by atoms with van der Waals surface area (Å²) in [6.07, 6.45) is 0. The van der Waals surface area contributed by atoms with E-state index in [9.17, 15) is 13.2 Å². The van der Waals surface area contributed by atoms with Gasteiger partial charge in [0.05, 0.1) is 15.4 Å². The first-order chi connectivity index (χ1) is 8.94. The predicted octanol–water partition coefficient (Wildman–Crippen LogP) is 2.98. The van der Waals surface area contributed by atoms with Crippen LogP contribution in [0.25, 0.3) is 0 Å². The van der Waals surface area contributed by atoms with E-state index in [1.807, 2.05) is 0 Å². The van der Waals surface area contributed by atoms with Crippen LogP contribution in [-0.2, 0) is 9.84 Å². The minimum absolute atomic E-state index is 0.0654. The Morgan fingerprint density at radius 2 is 1.63 bits per heavy atom. The number of carbonyl (C=O) groups is 1. The second-order valence-corrected chi connectivity index (χ2v) is 6.51. The zero-order chi connectivity index (χ0) is 14.0. The zero-order valence-corrected chi connectivity index (χ0v) is 12.0. The smallest absolute Gasteiger partial charge is 0.338 e. The van der Waals surface area contributed by atoms with E-state index in [0.29, 0.717) is 0 Å². The Morgan fingerprint density at radius 1 is 1.00 bits per heavy atom. The van der Waals surface area contributed by atoms with Crippen molar-refractivity contribution in [2.75, 3.05) is 0 Å². The Balaban J connectivity index is 2.73. The third-order valence-electron chi connectivity index (χ3n) is 2.53. The molecule has 4 nitrogen and oxygen atoms in total. The molecule has 0 saturated carbocycles. The Morgan fingerprint density at radius 3 is 2.21 bits per heavy atom. The molecule has 0 aliphatic carbocycles. The third kappa shape index (κ3) is 2.54. The Bertz CT molecular complexity index is 724. The van der Waals surface area contributed by atoms with Crippen molar-refractivity contribution in [2.45, 2.75) is 9.79 Å². The minimum atomic E-state index is -3.85. The molecule has 0 bridgehead atoms. The molecule has 0 aliphatic heterocycles. The molecule has 6 heteroatoms. The molecule has 0 saturated heterocycles. The lowest BCUT2D eigenvalue weighted by Crippen LogP contribution is -2.10. The zero-order valence-electron chi connectivity index (χ0n) is 9.58. The lowest BCUT2D eigenvalue weighted by Gasteiger charge is -2.09. The number of hydrogen-bond acceptors (Lipinski definition) is 3. The molecule has 2 aromatic rings. The van der Waals surface area contributed by atoms with Crippen molar-refractivity contribution in [1.82, 2.24) is 0 Å². The van der Waals surface area contributed by atoms with Gasteiger partial charge >= 0.3 is 5.97 Å². The van der Waals surface area contributed by atoms with Gasteiger partial charge in [-0.2, -0.15) is 0 Å². The van der Waals surface area contributed by atoms with Gasteiger partial charge in [0.2, 0.25) is 9.84 Å². The van der Waals surface area contributed by atoms with Crippen LogP contribution in [0.4, 0.5) is 0 Å². The van der Waals surface area contributed by atoms with Gasteiger partial charge in [0.15, 0.2) is 0 Å². The number of rotatable bonds is 3. The van der Waals surface area contributed by atoms with Gasteiger partial charge in [0, 0.05) is 4.47 Å². The molecular weight excluding hydrogens is 332 g/mol. The molecule has 1 N–H and O–H groups in total. The summed E-state index contributed by atoms with van der Waals surface area (Å²) in [5, 5.41) is 9.16. The van der Waals surface area contributed by atoms with Crippen molar-refractivity contribution in [2.24, 2.45) is 0 Å². The summed E-state index contributed by atoms with van der Waals surface area (Å²) < 4.78 is 25.1. The molecule has 0 amide bonds. The van der Waals surface area contributed by atoms with Gasteiger partial charge < -0.3 is 5.11 Å². The summed E-state index contributed by atoms with van der Waals surface area (Å²) in [4.78, 5) is 11.1. The van der Waals surface area contributed by atoms with Crippen molar-refractivity contribution in [1.29, 1.82) is 0 Å². The van der Waals surface area contributed by atoms with E-state index in [4.69, 9.17) is 5.11 Å². The van der Waals surface area contributed by atoms with Crippen LogP contribution in [0, 0.1) is 0 Å². The van der Waals surface area contributed by atoms with E-state index in [0.717, 1.165) is 0 Å². The highest BCUT2D eigenvalue weighted by Gasteiger charge is 2.25. The quantitative estimate of drug-likeness (QED) is 0.932. The van der Waals surface area contributed by atoms with E-state index in [1.54, 1.807) is 18.2 Å². The van der Waals surface area contributed by atoms with Gasteiger partial charge in [-0.15, -0.1) is 0 Å². The summed E-state index contributed by atoms with van der Waals surface area (Å²) in [6, 6.07) is 12.0. The number of hydrogen-bond donors (Lipinski definition) is 1. The average molecular weight is 341 g/mol. The standard InChI is InChI=1S/C13H9BrO4S/c14-10-7-4-8-11(12(10)13(15)16)19(17,18)9-5-2-1-3-6-9/h1-8H,(H,15,16). The van der Waals surface area contributed by atoms with Gasteiger partial charge in [-0.25, -0.2) is 13.2 Å². The number of aromatic carboxylic acids is 1. The topological polar surface area (TPSA) is 71.4 Å². The lowest BCUT2D eigenvalue weighted by atomic mass is 10.2. The first-order valence-corrected chi connectivity index (χ1v) is 7.54. The molecule has 0 aromatic heterocycles. The van der Waals surface area contributed by atoms with Crippen molar-refractivity contribution in [3.05, 3.63) is 58.6 Å². The van der Waals surface area contributed by atoms with E-state index in [-0.39, 0.29) is 19.8 Å². The van der Waals surface area contributed by atoms with Crippen LogP contribution in [0.1, 0.15) is 10.4 Å². The predicted molar refractivity (Wildman–Crippen MR) is 73.0 cm³/mol. The maximum Gasteiger partial charge on any atom is 0.338 e. The fraction of sp³-hybridized carbons (Fsp3) is 0. The van der Waals surface area contributed by atoms with E-state index in [2.05, 4.69) is 15.9 Å². The van der Waals surface area contributed by atoms with Crippen molar-refractivity contribution < 1.29 is 18.3 Å². The van der Waals surface area contributed by atoms with Crippen LogP contribution < -0.4 is 0 Å². The molecule has 19 heavy (non-hydrogen) atoms. The largest absolute Gasteiger partial charge is 0.478 e. The number of carboxylic acids is 1. The van der Waals surface area contributed by atoms with Gasteiger partial charge in [-0.3, -0.25) is 0 Å². The normalized spacial score (nSPS) is 11.2.